The van der Waals surface area contributed by atoms with Crippen LogP contribution < -0.4 is 16.2 Å². The molecule has 0 saturated heterocycles. The monoisotopic (exact) mass is 439 g/mol. The highest BCUT2D eigenvalue weighted by molar-refractivity contribution is 6.04. The zero-order valence-electron chi connectivity index (χ0n) is 17.7. The summed E-state index contributed by atoms with van der Waals surface area (Å²) in [5.41, 5.74) is -0.661. The summed E-state index contributed by atoms with van der Waals surface area (Å²) in [4.78, 5) is 37.6. The van der Waals surface area contributed by atoms with Crippen molar-refractivity contribution in [3.05, 3.63) is 100.0 Å². The highest BCUT2D eigenvalue weighted by Crippen LogP contribution is 2.24. The number of pyridine rings is 1. The van der Waals surface area contributed by atoms with Gasteiger partial charge in [0.05, 0.1) is 0 Å². The lowest BCUT2D eigenvalue weighted by Gasteiger charge is -2.26. The van der Waals surface area contributed by atoms with E-state index in [1.54, 1.807) is 32.0 Å². The zero-order chi connectivity index (χ0) is 23.3. The number of carbonyl (C=O) groups excluding carboxylic acids is 2. The van der Waals surface area contributed by atoms with Gasteiger partial charge in [-0.3, -0.25) is 14.4 Å². The molecule has 0 saturated carbocycles. The first-order valence-corrected chi connectivity index (χ1v) is 9.95. The third kappa shape index (κ3) is 5.46. The molecule has 0 aliphatic carbocycles. The lowest BCUT2D eigenvalue weighted by Crippen LogP contribution is -2.40. The van der Waals surface area contributed by atoms with Crippen LogP contribution in [0.15, 0.2) is 71.7 Å². The average molecular weight is 439 g/mol. The Morgan fingerprint density at radius 1 is 0.969 bits per heavy atom. The largest absolute Gasteiger partial charge is 0.354 e. The molecule has 0 atom stereocenters. The van der Waals surface area contributed by atoms with Gasteiger partial charge >= 0.3 is 0 Å². The summed E-state index contributed by atoms with van der Waals surface area (Å²) in [6.07, 6.45) is 1.40. The van der Waals surface area contributed by atoms with Gasteiger partial charge in [0.1, 0.15) is 23.7 Å². The van der Waals surface area contributed by atoms with E-state index in [2.05, 4.69) is 10.6 Å². The number of nitrogens with zero attached hydrogens (tertiary/aromatic N) is 1. The van der Waals surface area contributed by atoms with Crippen molar-refractivity contribution in [1.29, 1.82) is 0 Å². The molecule has 2 amide bonds. The van der Waals surface area contributed by atoms with Crippen LogP contribution in [0.2, 0.25) is 0 Å². The first-order chi connectivity index (χ1) is 15.2. The van der Waals surface area contributed by atoms with E-state index in [4.69, 9.17) is 0 Å². The molecule has 0 unspecified atom stereocenters. The van der Waals surface area contributed by atoms with Crippen molar-refractivity contribution in [3.8, 4) is 0 Å². The van der Waals surface area contributed by atoms with Gasteiger partial charge in [-0.25, -0.2) is 8.78 Å². The normalized spacial score (nSPS) is 11.1. The van der Waals surface area contributed by atoms with Crippen LogP contribution in [-0.4, -0.2) is 22.9 Å². The molecule has 0 radical (unpaired) electrons. The molecule has 0 aliphatic heterocycles. The molecule has 6 nitrogen and oxygen atoms in total. The number of nitrogens with one attached hydrogen (secondary N) is 2. The Hall–Kier alpha value is -3.81. The number of aromatic nitrogens is 1. The van der Waals surface area contributed by atoms with Crippen LogP contribution in [0.4, 0.5) is 14.5 Å². The molecule has 2 N–H and O–H groups in total. The predicted molar refractivity (Wildman–Crippen MR) is 117 cm³/mol. The Kier molecular flexibility index (Phi) is 6.82. The number of hydrogen-bond acceptors (Lipinski definition) is 3. The maximum Gasteiger partial charge on any atom is 0.263 e. The van der Waals surface area contributed by atoms with Crippen LogP contribution in [0.5, 0.6) is 0 Å². The highest BCUT2D eigenvalue weighted by atomic mass is 19.1. The van der Waals surface area contributed by atoms with E-state index in [9.17, 15) is 23.2 Å². The maximum atomic E-state index is 14.1. The summed E-state index contributed by atoms with van der Waals surface area (Å²) in [6, 6.07) is 14.3. The van der Waals surface area contributed by atoms with Crippen molar-refractivity contribution >= 4 is 17.5 Å². The fraction of sp³-hybridized carbons (Fsp3) is 0.208. The summed E-state index contributed by atoms with van der Waals surface area (Å²) in [7, 11) is 0. The van der Waals surface area contributed by atoms with Gasteiger partial charge in [-0.2, -0.15) is 0 Å². The van der Waals surface area contributed by atoms with E-state index in [-0.39, 0.29) is 24.5 Å². The van der Waals surface area contributed by atoms with Crippen LogP contribution in [-0.2, 0) is 16.8 Å². The summed E-state index contributed by atoms with van der Waals surface area (Å²) < 4.78 is 28.2. The molecular weight excluding hydrogens is 416 g/mol. The number of carbonyl (C=O) groups is 2. The number of benzene rings is 2. The molecule has 1 aromatic heterocycles. The minimum absolute atomic E-state index is 0.156. The van der Waals surface area contributed by atoms with Crippen LogP contribution in [0, 0.1) is 11.6 Å². The average Bonchev–Trinajstić information content (AvgIpc) is 2.75. The molecule has 0 bridgehead atoms. The first kappa shape index (κ1) is 22.9. The van der Waals surface area contributed by atoms with E-state index in [1.165, 1.54) is 48.7 Å². The fourth-order valence-corrected chi connectivity index (χ4v) is 3.20. The van der Waals surface area contributed by atoms with E-state index in [0.29, 0.717) is 11.3 Å². The van der Waals surface area contributed by atoms with E-state index in [1.807, 2.05) is 0 Å². The molecule has 2 aromatic carbocycles. The Balaban J connectivity index is 1.66. The van der Waals surface area contributed by atoms with Gasteiger partial charge in [-0.1, -0.05) is 32.0 Å². The molecule has 32 heavy (non-hydrogen) atoms. The SMILES string of the molecule is CC(C)(CNC(=O)Cn1cccc(C(=O)Nc2ccc(F)cc2)c1=O)c1ccccc1F. The van der Waals surface area contributed by atoms with Gasteiger partial charge < -0.3 is 15.2 Å². The minimum atomic E-state index is -0.669. The molecule has 3 aromatic rings. The molecule has 1 heterocycles. The van der Waals surface area contributed by atoms with Gasteiger partial charge in [0.25, 0.3) is 11.5 Å². The van der Waals surface area contributed by atoms with Crippen molar-refractivity contribution in [2.45, 2.75) is 25.8 Å². The lowest BCUT2D eigenvalue weighted by atomic mass is 9.84. The Bertz CT molecular complexity index is 1190. The van der Waals surface area contributed by atoms with Gasteiger partial charge in [-0.15, -0.1) is 0 Å². The third-order valence-corrected chi connectivity index (χ3v) is 5.01. The van der Waals surface area contributed by atoms with Gasteiger partial charge in [0.15, 0.2) is 0 Å². The predicted octanol–water partition coefficient (Wildman–Crippen LogP) is 3.47. The second kappa shape index (κ2) is 9.55. The number of hydrogen-bond donors (Lipinski definition) is 2. The van der Waals surface area contributed by atoms with E-state index >= 15 is 0 Å². The Labute approximate surface area is 183 Å². The Morgan fingerprint density at radius 3 is 2.34 bits per heavy atom. The number of rotatable bonds is 7. The summed E-state index contributed by atoms with van der Waals surface area (Å²) in [6.45, 7) is 3.46. The van der Waals surface area contributed by atoms with Gasteiger partial charge in [0.2, 0.25) is 5.91 Å². The summed E-state index contributed by atoms with van der Waals surface area (Å²) >= 11 is 0. The highest BCUT2D eigenvalue weighted by Gasteiger charge is 2.24. The maximum absolute atomic E-state index is 14.1. The molecule has 0 fully saturated rings. The molecule has 8 heteroatoms. The molecular formula is C24H23F2N3O3. The van der Waals surface area contributed by atoms with Crippen molar-refractivity contribution in [3.63, 3.8) is 0 Å². The first-order valence-electron chi connectivity index (χ1n) is 9.95. The van der Waals surface area contributed by atoms with Crippen LogP contribution in [0.1, 0.15) is 29.8 Å². The van der Waals surface area contributed by atoms with Crippen LogP contribution >= 0.6 is 0 Å². The molecule has 0 aliphatic rings. The zero-order valence-corrected chi connectivity index (χ0v) is 17.7. The van der Waals surface area contributed by atoms with Crippen LogP contribution in [0.3, 0.4) is 0 Å². The lowest BCUT2D eigenvalue weighted by molar-refractivity contribution is -0.121. The smallest absolute Gasteiger partial charge is 0.263 e. The number of amides is 2. The third-order valence-electron chi connectivity index (χ3n) is 5.01. The van der Waals surface area contributed by atoms with Crippen molar-refractivity contribution in [1.82, 2.24) is 9.88 Å². The van der Waals surface area contributed by atoms with E-state index < -0.39 is 28.6 Å². The van der Waals surface area contributed by atoms with Crippen LogP contribution in [0.25, 0.3) is 0 Å². The Morgan fingerprint density at radius 2 is 1.66 bits per heavy atom. The quantitative estimate of drug-likeness (QED) is 0.592. The number of halogens is 2. The summed E-state index contributed by atoms with van der Waals surface area (Å²) in [5.74, 6) is -1.93. The second-order valence-electron chi connectivity index (χ2n) is 7.96. The van der Waals surface area contributed by atoms with Gasteiger partial charge in [0, 0.05) is 23.8 Å². The minimum Gasteiger partial charge on any atom is -0.354 e. The molecule has 3 rings (SSSR count). The van der Waals surface area contributed by atoms with Crippen molar-refractivity contribution in [2.24, 2.45) is 0 Å². The second-order valence-corrected chi connectivity index (χ2v) is 7.96. The van der Waals surface area contributed by atoms with Crippen molar-refractivity contribution in [2.75, 3.05) is 11.9 Å². The molecule has 166 valence electrons. The van der Waals surface area contributed by atoms with Crippen molar-refractivity contribution < 1.29 is 18.4 Å². The summed E-state index contributed by atoms with van der Waals surface area (Å²) in [5, 5.41) is 5.24. The topological polar surface area (TPSA) is 80.2 Å². The number of anilines is 1. The standard InChI is InChI=1S/C24H23F2N3O3/c1-24(2,19-7-3-4-8-20(19)26)15-27-21(30)14-29-13-5-6-18(23(29)32)22(31)28-17-11-9-16(25)10-12-17/h3-13H,14-15H2,1-2H3,(H,27,30)(H,28,31). The molecule has 0 spiro atoms. The fourth-order valence-electron chi connectivity index (χ4n) is 3.20. The van der Waals surface area contributed by atoms with Gasteiger partial charge in [-0.05, 0) is 48.0 Å². The van der Waals surface area contributed by atoms with E-state index in [0.717, 1.165) is 4.57 Å².